The number of non-ortho nitro benzene ring substituents is 1. The predicted octanol–water partition coefficient (Wildman–Crippen LogP) is 2.26. The lowest BCUT2D eigenvalue weighted by Crippen LogP contribution is -2.41. The minimum atomic E-state index is -1.44. The summed E-state index contributed by atoms with van der Waals surface area (Å²) in [7, 11) is 2.89. The number of carbonyl (C=O) groups excluding carboxylic acids is 3. The van der Waals surface area contributed by atoms with Crippen LogP contribution >= 0.6 is 0 Å². The third kappa shape index (κ3) is 3.54. The summed E-state index contributed by atoms with van der Waals surface area (Å²) >= 11 is 0. The molecule has 0 saturated carbocycles. The van der Waals surface area contributed by atoms with Gasteiger partial charge in [0.15, 0.2) is 17.3 Å². The molecule has 1 fully saturated rings. The third-order valence-electron chi connectivity index (χ3n) is 4.94. The van der Waals surface area contributed by atoms with Gasteiger partial charge < -0.3 is 14.8 Å². The molecule has 30 heavy (non-hydrogen) atoms. The molecule has 0 spiro atoms. The van der Waals surface area contributed by atoms with E-state index in [0.717, 1.165) is 4.90 Å². The monoisotopic (exact) mass is 413 g/mol. The largest absolute Gasteiger partial charge is 0.493 e. The van der Waals surface area contributed by atoms with E-state index in [0.29, 0.717) is 17.1 Å². The number of hydrogen-bond donors (Lipinski definition) is 1. The van der Waals surface area contributed by atoms with Crippen molar-refractivity contribution in [2.75, 3.05) is 20.8 Å². The summed E-state index contributed by atoms with van der Waals surface area (Å²) < 4.78 is 10.3. The maximum atomic E-state index is 13.0. The van der Waals surface area contributed by atoms with Gasteiger partial charge >= 0.3 is 6.03 Å². The molecule has 3 amide bonds. The molecular weight excluding hydrogens is 394 g/mol. The van der Waals surface area contributed by atoms with Crippen LogP contribution in [0.4, 0.5) is 10.5 Å². The lowest BCUT2D eigenvalue weighted by molar-refractivity contribution is -0.384. The predicted molar refractivity (Wildman–Crippen MR) is 105 cm³/mol. The summed E-state index contributed by atoms with van der Waals surface area (Å²) in [5, 5.41) is 13.4. The number of nitro benzene ring substituents is 1. The molecule has 0 aromatic heterocycles. The van der Waals surface area contributed by atoms with Crippen LogP contribution in [0.5, 0.6) is 11.5 Å². The average molecular weight is 413 g/mol. The summed E-state index contributed by atoms with van der Waals surface area (Å²) in [6.45, 7) is 1.01. The van der Waals surface area contributed by atoms with Gasteiger partial charge in [0.25, 0.3) is 11.6 Å². The second-order valence-corrected chi connectivity index (χ2v) is 6.74. The van der Waals surface area contributed by atoms with Gasteiger partial charge in [-0.1, -0.05) is 0 Å². The van der Waals surface area contributed by atoms with Gasteiger partial charge in [-0.2, -0.15) is 0 Å². The van der Waals surface area contributed by atoms with Gasteiger partial charge in [0.2, 0.25) is 0 Å². The van der Waals surface area contributed by atoms with E-state index < -0.39 is 34.7 Å². The number of carbonyl (C=O) groups is 3. The smallest absolute Gasteiger partial charge is 0.325 e. The summed E-state index contributed by atoms with van der Waals surface area (Å²) in [6, 6.07) is 9.10. The third-order valence-corrected chi connectivity index (χ3v) is 4.94. The van der Waals surface area contributed by atoms with Crippen molar-refractivity contribution >= 4 is 23.4 Å². The molecule has 10 heteroatoms. The van der Waals surface area contributed by atoms with Crippen molar-refractivity contribution in [1.82, 2.24) is 10.2 Å². The Morgan fingerprint density at radius 2 is 1.73 bits per heavy atom. The first-order chi connectivity index (χ1) is 14.2. The van der Waals surface area contributed by atoms with Crippen molar-refractivity contribution in [1.29, 1.82) is 0 Å². The number of amides is 3. The van der Waals surface area contributed by atoms with Gasteiger partial charge in [0.05, 0.1) is 25.7 Å². The number of Topliss-reactive ketones (excluding diaryl/α,β-unsaturated/α-hetero) is 1. The van der Waals surface area contributed by atoms with Crippen molar-refractivity contribution in [2.24, 2.45) is 0 Å². The van der Waals surface area contributed by atoms with Gasteiger partial charge in [-0.15, -0.1) is 0 Å². The van der Waals surface area contributed by atoms with E-state index in [9.17, 15) is 24.5 Å². The highest BCUT2D eigenvalue weighted by Crippen LogP contribution is 2.31. The van der Waals surface area contributed by atoms with Crippen molar-refractivity contribution < 1.29 is 28.8 Å². The number of ketones is 1. The second-order valence-electron chi connectivity index (χ2n) is 6.74. The Labute approximate surface area is 171 Å². The molecule has 1 saturated heterocycles. The molecule has 2 aromatic carbocycles. The molecule has 1 aliphatic heterocycles. The summed E-state index contributed by atoms with van der Waals surface area (Å²) in [5.41, 5.74) is -0.964. The van der Waals surface area contributed by atoms with Gasteiger partial charge in [0.1, 0.15) is 5.54 Å². The van der Waals surface area contributed by atoms with Crippen LogP contribution in [-0.4, -0.2) is 48.3 Å². The van der Waals surface area contributed by atoms with E-state index in [2.05, 4.69) is 5.32 Å². The number of rotatable bonds is 7. The zero-order chi connectivity index (χ0) is 22.1. The molecule has 1 unspecified atom stereocenters. The maximum absolute atomic E-state index is 13.0. The van der Waals surface area contributed by atoms with Crippen LogP contribution in [0.1, 0.15) is 22.8 Å². The highest BCUT2D eigenvalue weighted by Gasteiger charge is 2.49. The van der Waals surface area contributed by atoms with Crippen molar-refractivity contribution in [3.63, 3.8) is 0 Å². The van der Waals surface area contributed by atoms with E-state index in [1.54, 1.807) is 6.07 Å². The van der Waals surface area contributed by atoms with Gasteiger partial charge in [-0.3, -0.25) is 24.6 Å². The fourth-order valence-electron chi connectivity index (χ4n) is 3.20. The Bertz CT molecular complexity index is 1040. The second kappa shape index (κ2) is 7.82. The molecular formula is C20H19N3O7. The van der Waals surface area contributed by atoms with Crippen LogP contribution in [0.25, 0.3) is 0 Å². The topological polar surface area (TPSA) is 128 Å². The van der Waals surface area contributed by atoms with Crippen molar-refractivity contribution in [3.8, 4) is 11.5 Å². The van der Waals surface area contributed by atoms with Gasteiger partial charge in [-0.05, 0) is 42.8 Å². The quantitative estimate of drug-likeness (QED) is 0.319. The van der Waals surface area contributed by atoms with E-state index in [1.807, 2.05) is 0 Å². The number of nitro groups is 1. The number of urea groups is 1. The molecule has 0 aliphatic carbocycles. The standard InChI is InChI=1S/C20H19N3O7/c1-20(13-5-7-14(8-6-13)23(27)28)18(25)22(19(26)21-20)11-15(24)12-4-9-16(29-2)17(10-12)30-3/h4-10H,11H2,1-3H3,(H,21,26). The number of benzene rings is 2. The number of imide groups is 1. The lowest BCUT2D eigenvalue weighted by Gasteiger charge is -2.22. The van der Waals surface area contributed by atoms with Crippen LogP contribution in [0.15, 0.2) is 42.5 Å². The number of methoxy groups -OCH3 is 2. The maximum Gasteiger partial charge on any atom is 0.325 e. The van der Waals surface area contributed by atoms with Crippen molar-refractivity contribution in [2.45, 2.75) is 12.5 Å². The van der Waals surface area contributed by atoms with E-state index >= 15 is 0 Å². The zero-order valence-electron chi connectivity index (χ0n) is 16.5. The molecule has 10 nitrogen and oxygen atoms in total. The van der Waals surface area contributed by atoms with Crippen LogP contribution in [0.3, 0.4) is 0 Å². The molecule has 1 atom stereocenters. The Morgan fingerprint density at radius 3 is 2.30 bits per heavy atom. The fourth-order valence-corrected chi connectivity index (χ4v) is 3.20. The molecule has 1 N–H and O–H groups in total. The lowest BCUT2D eigenvalue weighted by atomic mass is 9.92. The van der Waals surface area contributed by atoms with Crippen molar-refractivity contribution in [3.05, 3.63) is 63.7 Å². The fraction of sp³-hybridized carbons (Fsp3) is 0.250. The molecule has 0 radical (unpaired) electrons. The number of ether oxygens (including phenoxy) is 2. The molecule has 2 aromatic rings. The van der Waals surface area contributed by atoms with Gasteiger partial charge in [0, 0.05) is 17.7 Å². The highest BCUT2D eigenvalue weighted by molar-refractivity contribution is 6.11. The van der Waals surface area contributed by atoms with Crippen LogP contribution in [0.2, 0.25) is 0 Å². The van der Waals surface area contributed by atoms with E-state index in [-0.39, 0.29) is 11.3 Å². The molecule has 156 valence electrons. The molecule has 1 aliphatic rings. The molecule has 3 rings (SSSR count). The normalized spacial score (nSPS) is 18.2. The van der Waals surface area contributed by atoms with Crippen LogP contribution < -0.4 is 14.8 Å². The van der Waals surface area contributed by atoms with E-state index in [1.165, 1.54) is 57.5 Å². The molecule has 1 heterocycles. The minimum Gasteiger partial charge on any atom is -0.493 e. The summed E-state index contributed by atoms with van der Waals surface area (Å²) in [5.74, 6) is -0.311. The number of hydrogen-bond acceptors (Lipinski definition) is 7. The van der Waals surface area contributed by atoms with Gasteiger partial charge in [-0.25, -0.2) is 4.79 Å². The zero-order valence-corrected chi connectivity index (χ0v) is 16.5. The Kier molecular flexibility index (Phi) is 5.41. The van der Waals surface area contributed by atoms with Crippen LogP contribution in [0, 0.1) is 10.1 Å². The highest BCUT2D eigenvalue weighted by atomic mass is 16.6. The first-order valence-electron chi connectivity index (χ1n) is 8.85. The summed E-state index contributed by atoms with van der Waals surface area (Å²) in [6.07, 6.45) is 0. The van der Waals surface area contributed by atoms with E-state index in [4.69, 9.17) is 9.47 Å². The van der Waals surface area contributed by atoms with Crippen LogP contribution in [-0.2, 0) is 10.3 Å². The number of nitrogens with zero attached hydrogens (tertiary/aromatic N) is 2. The Morgan fingerprint density at radius 1 is 1.10 bits per heavy atom. The first kappa shape index (κ1) is 20.8. The average Bonchev–Trinajstić information content (AvgIpc) is 2.97. The number of nitrogens with one attached hydrogen (secondary N) is 1. The minimum absolute atomic E-state index is 0.139. The SMILES string of the molecule is COc1ccc(C(=O)CN2C(=O)NC(C)(c3ccc([N+](=O)[O-])cc3)C2=O)cc1OC. The molecule has 0 bridgehead atoms. The first-order valence-corrected chi connectivity index (χ1v) is 8.85. The Hall–Kier alpha value is -3.95. The Balaban J connectivity index is 1.82. The summed E-state index contributed by atoms with van der Waals surface area (Å²) in [4.78, 5) is 49.2.